The molecule has 1 amide bonds. The number of nitrogens with one attached hydrogen (secondary N) is 1. The van der Waals surface area contributed by atoms with Gasteiger partial charge in [0.15, 0.2) is 17.3 Å². The van der Waals surface area contributed by atoms with Crippen molar-refractivity contribution in [1.29, 1.82) is 5.41 Å². The number of nitrogens with zero attached hydrogens (tertiary/aromatic N) is 3. The van der Waals surface area contributed by atoms with Gasteiger partial charge in [-0.25, -0.2) is 0 Å². The van der Waals surface area contributed by atoms with Gasteiger partial charge in [-0.05, 0) is 66.7 Å². The van der Waals surface area contributed by atoms with Gasteiger partial charge in [0.2, 0.25) is 5.17 Å². The number of aliphatic imine (C=N–C) groups is 1. The van der Waals surface area contributed by atoms with E-state index < -0.39 is 16.0 Å². The number of hydrogen-bond donors (Lipinski definition) is 1. The third-order valence-corrected chi connectivity index (χ3v) is 6.67. The molecule has 12 heteroatoms. The van der Waals surface area contributed by atoms with Crippen LogP contribution in [-0.2, 0) is 14.9 Å². The Morgan fingerprint density at radius 2 is 1.79 bits per heavy atom. The SMILES string of the molecule is COc1ccc(S(=O)(=O)Oc2ccc(/C=C3/C(=N)N4N=C(C)SC4=NC3=O)cc2OC)cc1. The molecule has 0 unspecified atom stereocenters. The largest absolute Gasteiger partial charge is 0.497 e. The summed E-state index contributed by atoms with van der Waals surface area (Å²) in [5.74, 6) is -0.0552. The number of rotatable bonds is 6. The fraction of sp³-hybridized carbons (Fsp3) is 0.143. The molecule has 0 bridgehead atoms. The van der Waals surface area contributed by atoms with Crippen molar-refractivity contribution in [3.63, 3.8) is 0 Å². The van der Waals surface area contributed by atoms with E-state index in [1.165, 1.54) is 73.5 Å². The Kier molecular flexibility index (Phi) is 5.95. The van der Waals surface area contributed by atoms with Crippen LogP contribution in [0.4, 0.5) is 0 Å². The zero-order valence-electron chi connectivity index (χ0n) is 17.7. The van der Waals surface area contributed by atoms with Crippen molar-refractivity contribution in [3.8, 4) is 17.2 Å². The fourth-order valence-corrected chi connectivity index (χ4v) is 4.68. The standard InChI is InChI=1S/C21H18N4O6S2/c1-12-24-25-19(22)16(20(26)23-21(25)32-12)10-13-4-9-17(18(11-13)30-3)31-33(27,28)15-7-5-14(29-2)6-8-15/h4-11,22H,1-3H3/b16-10-,22-19?. The lowest BCUT2D eigenvalue weighted by molar-refractivity contribution is -0.114. The molecule has 0 saturated carbocycles. The summed E-state index contributed by atoms with van der Waals surface area (Å²) in [6.45, 7) is 1.76. The molecule has 2 heterocycles. The molecule has 33 heavy (non-hydrogen) atoms. The summed E-state index contributed by atoms with van der Waals surface area (Å²) in [7, 11) is -1.28. The van der Waals surface area contributed by atoms with E-state index in [9.17, 15) is 13.2 Å². The van der Waals surface area contributed by atoms with Crippen molar-refractivity contribution < 1.29 is 26.9 Å². The summed E-state index contributed by atoms with van der Waals surface area (Å²) in [6, 6.07) is 10.2. The van der Waals surface area contributed by atoms with Crippen LogP contribution >= 0.6 is 11.8 Å². The van der Waals surface area contributed by atoms with E-state index in [0.717, 1.165) is 0 Å². The Morgan fingerprint density at radius 3 is 2.45 bits per heavy atom. The molecule has 0 aromatic heterocycles. The van der Waals surface area contributed by atoms with Gasteiger partial charge < -0.3 is 13.7 Å². The zero-order valence-corrected chi connectivity index (χ0v) is 19.4. The molecule has 10 nitrogen and oxygen atoms in total. The number of hydrazone groups is 1. The van der Waals surface area contributed by atoms with E-state index in [4.69, 9.17) is 19.1 Å². The van der Waals surface area contributed by atoms with Crippen molar-refractivity contribution in [1.82, 2.24) is 5.01 Å². The molecule has 0 spiro atoms. The molecular formula is C21H18N4O6S2. The molecule has 2 aliphatic rings. The number of carbonyl (C=O) groups is 1. The lowest BCUT2D eigenvalue weighted by atomic mass is 10.1. The Balaban J connectivity index is 1.62. The van der Waals surface area contributed by atoms with Gasteiger partial charge in [0, 0.05) is 0 Å². The molecule has 0 radical (unpaired) electrons. The maximum absolute atomic E-state index is 12.7. The van der Waals surface area contributed by atoms with E-state index in [1.54, 1.807) is 13.0 Å². The predicted molar refractivity (Wildman–Crippen MR) is 124 cm³/mol. The average Bonchev–Trinajstić information content (AvgIpc) is 3.17. The van der Waals surface area contributed by atoms with Crippen LogP contribution in [0.1, 0.15) is 12.5 Å². The number of fused-ring (bicyclic) bond motifs is 1. The van der Waals surface area contributed by atoms with Crippen molar-refractivity contribution in [2.24, 2.45) is 10.1 Å². The minimum absolute atomic E-state index is 0.0306. The van der Waals surface area contributed by atoms with Gasteiger partial charge >= 0.3 is 10.1 Å². The summed E-state index contributed by atoms with van der Waals surface area (Å²) >= 11 is 1.22. The number of thioether (sulfide) groups is 1. The zero-order chi connectivity index (χ0) is 23.8. The number of methoxy groups -OCH3 is 2. The summed E-state index contributed by atoms with van der Waals surface area (Å²) in [4.78, 5) is 16.4. The highest BCUT2D eigenvalue weighted by Crippen LogP contribution is 2.33. The Hall–Kier alpha value is -3.64. The molecule has 2 aromatic rings. The Morgan fingerprint density at radius 1 is 1.06 bits per heavy atom. The summed E-state index contributed by atoms with van der Waals surface area (Å²) in [5.41, 5.74) is 0.528. The topological polar surface area (TPSA) is 131 Å². The molecule has 1 N–H and O–H groups in total. The van der Waals surface area contributed by atoms with Crippen LogP contribution in [0.5, 0.6) is 17.2 Å². The van der Waals surface area contributed by atoms with E-state index in [-0.39, 0.29) is 27.8 Å². The first-order valence-corrected chi connectivity index (χ1v) is 11.7. The van der Waals surface area contributed by atoms with Crippen LogP contribution in [0, 0.1) is 5.41 Å². The molecule has 0 fully saturated rings. The first-order chi connectivity index (χ1) is 15.7. The van der Waals surface area contributed by atoms with Gasteiger partial charge in [0.25, 0.3) is 5.91 Å². The number of ether oxygens (including phenoxy) is 2. The lowest BCUT2D eigenvalue weighted by Crippen LogP contribution is -2.35. The van der Waals surface area contributed by atoms with Crippen LogP contribution in [0.25, 0.3) is 6.08 Å². The number of carbonyl (C=O) groups excluding carboxylic acids is 1. The molecule has 0 saturated heterocycles. The molecular weight excluding hydrogens is 468 g/mol. The van der Waals surface area contributed by atoms with Gasteiger partial charge in [-0.2, -0.15) is 23.5 Å². The Labute approximate surface area is 194 Å². The average molecular weight is 487 g/mol. The highest BCUT2D eigenvalue weighted by Gasteiger charge is 2.34. The number of amides is 1. The van der Waals surface area contributed by atoms with Crippen LogP contribution in [0.2, 0.25) is 0 Å². The first-order valence-electron chi connectivity index (χ1n) is 9.45. The fourth-order valence-electron chi connectivity index (χ4n) is 3.01. The molecule has 2 aromatic carbocycles. The summed E-state index contributed by atoms with van der Waals surface area (Å²) in [5, 5.41) is 14.8. The molecule has 2 aliphatic heterocycles. The second-order valence-electron chi connectivity index (χ2n) is 6.76. The second kappa shape index (κ2) is 8.71. The maximum Gasteiger partial charge on any atom is 0.339 e. The lowest BCUT2D eigenvalue weighted by Gasteiger charge is -2.20. The van der Waals surface area contributed by atoms with Gasteiger partial charge in [-0.3, -0.25) is 10.2 Å². The minimum Gasteiger partial charge on any atom is -0.497 e. The highest BCUT2D eigenvalue weighted by atomic mass is 32.2. The van der Waals surface area contributed by atoms with Crippen LogP contribution in [0.3, 0.4) is 0 Å². The third kappa shape index (κ3) is 4.47. The van der Waals surface area contributed by atoms with Gasteiger partial charge in [0.1, 0.15) is 10.6 Å². The summed E-state index contributed by atoms with van der Waals surface area (Å²) < 4.78 is 40.9. The van der Waals surface area contributed by atoms with E-state index in [1.807, 2.05) is 0 Å². The molecule has 0 atom stereocenters. The highest BCUT2D eigenvalue weighted by molar-refractivity contribution is 8.26. The first kappa shape index (κ1) is 22.6. The Bertz CT molecular complexity index is 1350. The van der Waals surface area contributed by atoms with Crippen molar-refractivity contribution >= 4 is 49.9 Å². The van der Waals surface area contributed by atoms with Crippen LogP contribution < -0.4 is 13.7 Å². The third-order valence-electron chi connectivity index (χ3n) is 4.60. The smallest absolute Gasteiger partial charge is 0.339 e. The van der Waals surface area contributed by atoms with Crippen molar-refractivity contribution in [2.45, 2.75) is 11.8 Å². The molecule has 0 aliphatic carbocycles. The van der Waals surface area contributed by atoms with E-state index >= 15 is 0 Å². The van der Waals surface area contributed by atoms with Crippen molar-refractivity contribution in [2.75, 3.05) is 14.2 Å². The maximum atomic E-state index is 12.7. The monoisotopic (exact) mass is 486 g/mol. The second-order valence-corrected chi connectivity index (χ2v) is 9.47. The predicted octanol–water partition coefficient (Wildman–Crippen LogP) is 3.11. The number of amidine groups is 2. The van der Waals surface area contributed by atoms with Gasteiger partial charge in [0.05, 0.1) is 24.8 Å². The van der Waals surface area contributed by atoms with Crippen molar-refractivity contribution in [3.05, 3.63) is 53.6 Å². The normalized spacial score (nSPS) is 16.9. The quantitative estimate of drug-likeness (QED) is 0.487. The van der Waals surface area contributed by atoms with E-state index in [0.29, 0.717) is 21.5 Å². The molecule has 170 valence electrons. The molecule has 4 rings (SSSR count). The minimum atomic E-state index is -4.12. The number of hydrogen-bond acceptors (Lipinski definition) is 9. The summed E-state index contributed by atoms with van der Waals surface area (Å²) in [6.07, 6.45) is 1.46. The van der Waals surface area contributed by atoms with Gasteiger partial charge in [-0.15, -0.1) is 0 Å². The van der Waals surface area contributed by atoms with Crippen LogP contribution in [0.15, 0.2) is 63.0 Å². The number of benzene rings is 2. The van der Waals surface area contributed by atoms with E-state index in [2.05, 4.69) is 10.1 Å². The van der Waals surface area contributed by atoms with Gasteiger partial charge in [-0.1, -0.05) is 6.07 Å². The van der Waals surface area contributed by atoms with Crippen LogP contribution in [-0.4, -0.2) is 49.6 Å².